The first-order chi connectivity index (χ1) is 14.1. The van der Waals surface area contributed by atoms with Crippen molar-refractivity contribution in [2.75, 3.05) is 44.2 Å². The van der Waals surface area contributed by atoms with E-state index >= 15 is 0 Å². The maximum absolute atomic E-state index is 12.6. The fourth-order valence-electron chi connectivity index (χ4n) is 4.66. The molecular weight excluding hydrogens is 366 g/mol. The van der Waals surface area contributed by atoms with Gasteiger partial charge in [-0.05, 0) is 49.9 Å². The number of nitrogens with zero attached hydrogens (tertiary/aromatic N) is 2. The third-order valence-corrected chi connectivity index (χ3v) is 6.89. The predicted octanol–water partition coefficient (Wildman–Crippen LogP) is 2.42. The zero-order valence-corrected chi connectivity index (χ0v) is 17.2. The van der Waals surface area contributed by atoms with Gasteiger partial charge in [-0.25, -0.2) is 0 Å². The molecule has 2 saturated carbocycles. The van der Waals surface area contributed by atoms with Crippen LogP contribution in [0.2, 0.25) is 0 Å². The number of nitrogens with one attached hydrogen (secondary N) is 1. The first kappa shape index (κ1) is 20.2. The highest BCUT2D eigenvalue weighted by Gasteiger charge is 2.35. The Balaban J connectivity index is 1.28. The van der Waals surface area contributed by atoms with Gasteiger partial charge in [-0.3, -0.25) is 9.59 Å². The summed E-state index contributed by atoms with van der Waals surface area (Å²) in [7, 11) is 0. The van der Waals surface area contributed by atoms with Crippen LogP contribution in [-0.2, 0) is 4.79 Å². The van der Waals surface area contributed by atoms with Crippen LogP contribution >= 0.6 is 0 Å². The Labute approximate surface area is 173 Å². The lowest BCUT2D eigenvalue weighted by Crippen LogP contribution is -2.49. The van der Waals surface area contributed by atoms with Gasteiger partial charge in [-0.2, -0.15) is 0 Å². The molecule has 2 aliphatic carbocycles. The second-order valence-electron chi connectivity index (χ2n) is 9.03. The number of anilines is 1. The molecule has 0 atom stereocenters. The van der Waals surface area contributed by atoms with Crippen molar-refractivity contribution in [2.24, 2.45) is 11.3 Å². The number of aliphatic hydroxyl groups excluding tert-OH is 1. The van der Waals surface area contributed by atoms with Gasteiger partial charge >= 0.3 is 0 Å². The Morgan fingerprint density at radius 1 is 1.00 bits per heavy atom. The van der Waals surface area contributed by atoms with Crippen LogP contribution < -0.4 is 10.2 Å². The molecule has 29 heavy (non-hydrogen) atoms. The second kappa shape index (κ2) is 8.74. The van der Waals surface area contributed by atoms with E-state index in [0.717, 1.165) is 70.4 Å². The lowest BCUT2D eigenvalue weighted by molar-refractivity contribution is -0.132. The molecule has 4 rings (SSSR count). The molecule has 0 spiro atoms. The van der Waals surface area contributed by atoms with Gasteiger partial charge in [0, 0.05) is 55.3 Å². The minimum atomic E-state index is -0.147. The van der Waals surface area contributed by atoms with E-state index in [9.17, 15) is 14.7 Å². The number of rotatable bonds is 6. The van der Waals surface area contributed by atoms with E-state index < -0.39 is 0 Å². The van der Waals surface area contributed by atoms with Crippen molar-refractivity contribution >= 4 is 17.5 Å². The number of carbonyl (C=O) groups excluding carboxylic acids is 2. The van der Waals surface area contributed by atoms with E-state index in [1.165, 1.54) is 6.42 Å². The molecule has 158 valence electrons. The summed E-state index contributed by atoms with van der Waals surface area (Å²) in [6, 6.07) is 7.74. The predicted molar refractivity (Wildman–Crippen MR) is 113 cm³/mol. The number of piperazine rings is 1. The first-order valence-electron chi connectivity index (χ1n) is 11.1. The number of hydrogen-bond acceptors (Lipinski definition) is 4. The molecule has 6 heteroatoms. The molecule has 2 amide bonds. The Morgan fingerprint density at radius 2 is 1.66 bits per heavy atom. The molecule has 3 fully saturated rings. The molecule has 2 N–H and O–H groups in total. The third-order valence-electron chi connectivity index (χ3n) is 6.89. The fourth-order valence-corrected chi connectivity index (χ4v) is 4.66. The molecule has 0 radical (unpaired) electrons. The van der Waals surface area contributed by atoms with Crippen molar-refractivity contribution in [1.29, 1.82) is 0 Å². The van der Waals surface area contributed by atoms with Crippen molar-refractivity contribution in [1.82, 2.24) is 10.2 Å². The zero-order valence-electron chi connectivity index (χ0n) is 17.2. The first-order valence-corrected chi connectivity index (χ1v) is 11.1. The number of aliphatic hydroxyl groups is 1. The molecular formula is C23H33N3O3. The van der Waals surface area contributed by atoms with E-state index in [-0.39, 0.29) is 23.8 Å². The highest BCUT2D eigenvalue weighted by atomic mass is 16.3. The van der Waals surface area contributed by atoms with Crippen LogP contribution in [-0.4, -0.2) is 61.2 Å². The largest absolute Gasteiger partial charge is 0.396 e. The lowest BCUT2D eigenvalue weighted by atomic mass is 9.74. The molecule has 0 aromatic heterocycles. The highest BCUT2D eigenvalue weighted by molar-refractivity contribution is 5.94. The van der Waals surface area contributed by atoms with E-state index in [2.05, 4.69) is 10.2 Å². The van der Waals surface area contributed by atoms with Crippen LogP contribution in [0.1, 0.15) is 55.3 Å². The highest BCUT2D eigenvalue weighted by Crippen LogP contribution is 2.35. The number of hydrogen-bond donors (Lipinski definition) is 2. The average molecular weight is 400 g/mol. The lowest BCUT2D eigenvalue weighted by Gasteiger charge is -2.36. The molecule has 3 aliphatic rings. The van der Waals surface area contributed by atoms with E-state index in [1.54, 1.807) is 0 Å². The minimum absolute atomic E-state index is 0.0743. The smallest absolute Gasteiger partial charge is 0.251 e. The van der Waals surface area contributed by atoms with Gasteiger partial charge in [0.25, 0.3) is 5.91 Å². The maximum Gasteiger partial charge on any atom is 0.251 e. The molecule has 1 aromatic rings. The summed E-state index contributed by atoms with van der Waals surface area (Å²) in [5.41, 5.74) is 1.60. The summed E-state index contributed by atoms with van der Waals surface area (Å²) in [6.45, 7) is 3.91. The molecule has 1 saturated heterocycles. The summed E-state index contributed by atoms with van der Waals surface area (Å²) in [5, 5.41) is 12.8. The van der Waals surface area contributed by atoms with E-state index in [1.807, 2.05) is 29.2 Å². The SMILES string of the molecule is O=C(NCC1(CO)CCCCC1)c1ccc(N2CCN(C(=O)C3CC3)CC2)cc1. The monoisotopic (exact) mass is 399 g/mol. The van der Waals surface area contributed by atoms with Crippen molar-refractivity contribution in [3.8, 4) is 0 Å². The zero-order chi connectivity index (χ0) is 20.3. The molecule has 1 heterocycles. The van der Waals surface area contributed by atoms with Gasteiger partial charge in [0.1, 0.15) is 0 Å². The molecule has 6 nitrogen and oxygen atoms in total. The topological polar surface area (TPSA) is 72.9 Å². The fraction of sp³-hybridized carbons (Fsp3) is 0.652. The van der Waals surface area contributed by atoms with Crippen LogP contribution in [0.3, 0.4) is 0 Å². The Hall–Kier alpha value is -2.08. The van der Waals surface area contributed by atoms with Gasteiger partial charge in [0.05, 0.1) is 6.61 Å². The normalized spacial score (nSPS) is 21.7. The van der Waals surface area contributed by atoms with Gasteiger partial charge in [-0.1, -0.05) is 19.3 Å². The van der Waals surface area contributed by atoms with Crippen molar-refractivity contribution in [3.05, 3.63) is 29.8 Å². The molecule has 0 unspecified atom stereocenters. The van der Waals surface area contributed by atoms with Crippen LogP contribution in [0.25, 0.3) is 0 Å². The Morgan fingerprint density at radius 3 is 2.24 bits per heavy atom. The summed E-state index contributed by atoms with van der Waals surface area (Å²) in [5.74, 6) is 0.544. The Kier molecular flexibility index (Phi) is 6.09. The van der Waals surface area contributed by atoms with Crippen LogP contribution in [0.4, 0.5) is 5.69 Å². The Bertz CT molecular complexity index is 715. The summed E-state index contributed by atoms with van der Waals surface area (Å²) < 4.78 is 0. The maximum atomic E-state index is 12.6. The van der Waals surface area contributed by atoms with Crippen LogP contribution in [0, 0.1) is 11.3 Å². The second-order valence-corrected chi connectivity index (χ2v) is 9.03. The standard InChI is InChI=1S/C23H33N3O3/c27-17-23(10-2-1-3-11-23)16-24-21(28)18-6-8-20(9-7-18)25-12-14-26(15-13-25)22(29)19-4-5-19/h6-9,19,27H,1-5,10-17H2,(H,24,28). The van der Waals surface area contributed by atoms with Crippen molar-refractivity contribution < 1.29 is 14.7 Å². The van der Waals surface area contributed by atoms with Gasteiger partial charge < -0.3 is 20.2 Å². The number of benzene rings is 1. The molecule has 0 bridgehead atoms. The van der Waals surface area contributed by atoms with E-state index in [4.69, 9.17) is 0 Å². The molecule has 1 aromatic carbocycles. The van der Waals surface area contributed by atoms with Gasteiger partial charge in [0.2, 0.25) is 5.91 Å². The number of carbonyl (C=O) groups is 2. The minimum Gasteiger partial charge on any atom is -0.396 e. The summed E-state index contributed by atoms with van der Waals surface area (Å²) in [6.07, 6.45) is 7.56. The van der Waals surface area contributed by atoms with Gasteiger partial charge in [0.15, 0.2) is 0 Å². The van der Waals surface area contributed by atoms with Crippen molar-refractivity contribution in [3.63, 3.8) is 0 Å². The van der Waals surface area contributed by atoms with Crippen LogP contribution in [0.15, 0.2) is 24.3 Å². The van der Waals surface area contributed by atoms with Crippen LogP contribution in [0.5, 0.6) is 0 Å². The number of amides is 2. The van der Waals surface area contributed by atoms with Crippen molar-refractivity contribution in [2.45, 2.75) is 44.9 Å². The summed E-state index contributed by atoms with van der Waals surface area (Å²) in [4.78, 5) is 29.0. The molecule has 1 aliphatic heterocycles. The summed E-state index contributed by atoms with van der Waals surface area (Å²) >= 11 is 0. The quantitative estimate of drug-likeness (QED) is 0.771. The average Bonchev–Trinajstić information content (AvgIpc) is 3.63. The van der Waals surface area contributed by atoms with Gasteiger partial charge in [-0.15, -0.1) is 0 Å². The van der Waals surface area contributed by atoms with E-state index in [0.29, 0.717) is 18.0 Å². The third kappa shape index (κ3) is 4.74.